The molecular weight excluding hydrogens is 272 g/mol. The van der Waals surface area contributed by atoms with E-state index in [4.69, 9.17) is 4.74 Å². The predicted molar refractivity (Wildman–Crippen MR) is 89.3 cm³/mol. The minimum atomic E-state index is 0.0604. The quantitative estimate of drug-likeness (QED) is 0.666. The zero-order chi connectivity index (χ0) is 15.9. The van der Waals surface area contributed by atoms with E-state index in [0.717, 1.165) is 30.1 Å². The van der Waals surface area contributed by atoms with E-state index in [9.17, 15) is 4.79 Å². The number of carbonyl (C=O) groups excluding carboxylic acids is 1. The molecule has 2 unspecified atom stereocenters. The summed E-state index contributed by atoms with van der Waals surface area (Å²) in [6.45, 7) is 7.30. The highest BCUT2D eigenvalue weighted by Gasteiger charge is 2.54. The maximum Gasteiger partial charge on any atom is 0.308 e. The van der Waals surface area contributed by atoms with Gasteiger partial charge in [-0.15, -0.1) is 0 Å². The van der Waals surface area contributed by atoms with Gasteiger partial charge in [-0.05, 0) is 80.0 Å². The molecule has 0 aromatic rings. The lowest BCUT2D eigenvalue weighted by molar-refractivity contribution is -0.159. The second kappa shape index (κ2) is 6.17. The van der Waals surface area contributed by atoms with Crippen LogP contribution in [-0.2, 0) is 9.53 Å². The van der Waals surface area contributed by atoms with Gasteiger partial charge in [0.1, 0.15) is 0 Å². The Morgan fingerprint density at radius 2 is 1.82 bits per heavy atom. The molecule has 0 aliphatic heterocycles. The van der Waals surface area contributed by atoms with Gasteiger partial charge in [-0.25, -0.2) is 0 Å². The van der Waals surface area contributed by atoms with Gasteiger partial charge in [0.15, 0.2) is 0 Å². The summed E-state index contributed by atoms with van der Waals surface area (Å²) in [7, 11) is 1.56. The third kappa shape index (κ3) is 2.61. The first-order valence-electron chi connectivity index (χ1n) is 9.55. The number of esters is 1. The van der Waals surface area contributed by atoms with Crippen LogP contribution in [0.1, 0.15) is 72.1 Å². The van der Waals surface area contributed by atoms with Crippen molar-refractivity contribution in [3.8, 4) is 0 Å². The Morgan fingerprint density at radius 3 is 2.50 bits per heavy atom. The molecule has 0 aromatic heterocycles. The van der Waals surface area contributed by atoms with Crippen molar-refractivity contribution in [3.63, 3.8) is 0 Å². The molecule has 3 rings (SSSR count). The fraction of sp³-hybridized carbons (Fsp3) is 0.950. The number of rotatable bonds is 2. The van der Waals surface area contributed by atoms with Gasteiger partial charge >= 0.3 is 5.97 Å². The van der Waals surface area contributed by atoms with E-state index < -0.39 is 0 Å². The molecule has 0 bridgehead atoms. The zero-order valence-electron chi connectivity index (χ0n) is 14.9. The molecule has 0 amide bonds. The smallest absolute Gasteiger partial charge is 0.308 e. The Kier molecular flexibility index (Phi) is 4.58. The molecule has 3 saturated carbocycles. The molecule has 0 radical (unpaired) electrons. The lowest BCUT2D eigenvalue weighted by atomic mass is 9.47. The van der Waals surface area contributed by atoms with Crippen molar-refractivity contribution >= 4 is 5.97 Å². The minimum Gasteiger partial charge on any atom is -0.469 e. The summed E-state index contributed by atoms with van der Waals surface area (Å²) in [5, 5.41) is 0. The fourth-order valence-electron chi connectivity index (χ4n) is 6.46. The number of methoxy groups -OCH3 is 1. The summed E-state index contributed by atoms with van der Waals surface area (Å²) >= 11 is 0. The van der Waals surface area contributed by atoms with Crippen LogP contribution in [0.3, 0.4) is 0 Å². The highest BCUT2D eigenvalue weighted by Crippen LogP contribution is 2.61. The predicted octanol–water partition coefficient (Wildman–Crippen LogP) is 5.06. The van der Waals surface area contributed by atoms with Gasteiger partial charge in [0.05, 0.1) is 13.0 Å². The Morgan fingerprint density at radius 1 is 1.09 bits per heavy atom. The number of hydrogen-bond donors (Lipinski definition) is 0. The van der Waals surface area contributed by atoms with Crippen molar-refractivity contribution in [1.82, 2.24) is 0 Å². The van der Waals surface area contributed by atoms with E-state index in [-0.39, 0.29) is 11.9 Å². The molecule has 0 N–H and O–H groups in total. The van der Waals surface area contributed by atoms with Crippen molar-refractivity contribution in [3.05, 3.63) is 0 Å². The second-order valence-corrected chi connectivity index (χ2v) is 8.90. The highest BCUT2D eigenvalue weighted by atomic mass is 16.5. The largest absolute Gasteiger partial charge is 0.469 e. The molecule has 3 fully saturated rings. The zero-order valence-corrected chi connectivity index (χ0v) is 14.9. The molecule has 0 saturated heterocycles. The monoisotopic (exact) mass is 306 g/mol. The Bertz CT molecular complexity index is 416. The van der Waals surface area contributed by atoms with Crippen LogP contribution in [0.15, 0.2) is 0 Å². The van der Waals surface area contributed by atoms with E-state index in [1.165, 1.54) is 44.9 Å². The van der Waals surface area contributed by atoms with Crippen molar-refractivity contribution < 1.29 is 9.53 Å². The summed E-state index contributed by atoms with van der Waals surface area (Å²) in [6, 6.07) is 0. The molecule has 6 atom stereocenters. The van der Waals surface area contributed by atoms with Gasteiger partial charge in [-0.2, -0.15) is 0 Å². The van der Waals surface area contributed by atoms with E-state index in [0.29, 0.717) is 11.3 Å². The van der Waals surface area contributed by atoms with Crippen LogP contribution in [0.4, 0.5) is 0 Å². The van der Waals surface area contributed by atoms with Crippen LogP contribution in [0.2, 0.25) is 0 Å². The van der Waals surface area contributed by atoms with E-state index in [1.54, 1.807) is 7.11 Å². The topological polar surface area (TPSA) is 26.3 Å². The lowest BCUT2D eigenvalue weighted by Gasteiger charge is -2.58. The summed E-state index contributed by atoms with van der Waals surface area (Å²) < 4.78 is 5.13. The standard InChI is InChI=1S/C20H34O2/c1-13(2)14-7-9-17-15(12-14)8-10-18-16(19(21)22-4)6-5-11-20(17,18)3/h13-18H,5-12H2,1-4H3/t14?,15?,16-,17+,18-,20-/m1/s1. The van der Waals surface area contributed by atoms with Crippen LogP contribution in [0.5, 0.6) is 0 Å². The molecule has 22 heavy (non-hydrogen) atoms. The summed E-state index contributed by atoms with van der Waals surface area (Å²) in [6.07, 6.45) is 10.4. The van der Waals surface area contributed by atoms with Crippen LogP contribution < -0.4 is 0 Å². The van der Waals surface area contributed by atoms with Crippen LogP contribution in [-0.4, -0.2) is 13.1 Å². The second-order valence-electron chi connectivity index (χ2n) is 8.90. The van der Waals surface area contributed by atoms with Gasteiger partial charge in [0.25, 0.3) is 0 Å². The first kappa shape index (κ1) is 16.3. The van der Waals surface area contributed by atoms with Crippen molar-refractivity contribution in [1.29, 1.82) is 0 Å². The average Bonchev–Trinajstić information content (AvgIpc) is 2.52. The number of carbonyl (C=O) groups is 1. The van der Waals surface area contributed by atoms with Crippen molar-refractivity contribution in [2.24, 2.45) is 40.9 Å². The maximum absolute atomic E-state index is 12.2. The molecule has 0 aromatic carbocycles. The summed E-state index contributed by atoms with van der Waals surface area (Å²) in [4.78, 5) is 12.2. The van der Waals surface area contributed by atoms with E-state index in [1.807, 2.05) is 0 Å². The SMILES string of the molecule is COC(=O)[C@@H]1CCC[C@@]2(C)[C@@H]1CCC1CC(C(C)C)CC[C@@H]12. The normalized spacial score (nSPS) is 45.0. The molecule has 3 aliphatic rings. The summed E-state index contributed by atoms with van der Waals surface area (Å²) in [5.41, 5.74) is 0.391. The van der Waals surface area contributed by atoms with Crippen LogP contribution in [0.25, 0.3) is 0 Å². The van der Waals surface area contributed by atoms with Gasteiger partial charge in [-0.3, -0.25) is 4.79 Å². The van der Waals surface area contributed by atoms with Gasteiger partial charge in [0, 0.05) is 0 Å². The Labute approximate surface area is 136 Å². The molecule has 2 nitrogen and oxygen atoms in total. The molecule has 3 aliphatic carbocycles. The molecule has 2 heteroatoms. The van der Waals surface area contributed by atoms with Crippen molar-refractivity contribution in [2.45, 2.75) is 72.1 Å². The van der Waals surface area contributed by atoms with Crippen molar-refractivity contribution in [2.75, 3.05) is 7.11 Å². The highest BCUT2D eigenvalue weighted by molar-refractivity contribution is 5.73. The molecular formula is C20H34O2. The van der Waals surface area contributed by atoms with Gasteiger partial charge in [-0.1, -0.05) is 27.2 Å². The third-order valence-corrected chi connectivity index (χ3v) is 7.73. The van der Waals surface area contributed by atoms with Crippen LogP contribution >= 0.6 is 0 Å². The molecule has 126 valence electrons. The maximum atomic E-state index is 12.2. The van der Waals surface area contributed by atoms with E-state index in [2.05, 4.69) is 20.8 Å². The Balaban J connectivity index is 1.79. The third-order valence-electron chi connectivity index (χ3n) is 7.73. The first-order valence-corrected chi connectivity index (χ1v) is 9.55. The van der Waals surface area contributed by atoms with Crippen LogP contribution in [0, 0.1) is 40.9 Å². The number of ether oxygens (including phenoxy) is 1. The average molecular weight is 306 g/mol. The van der Waals surface area contributed by atoms with E-state index >= 15 is 0 Å². The molecule has 0 spiro atoms. The molecule has 0 heterocycles. The lowest BCUT2D eigenvalue weighted by Crippen LogP contribution is -2.52. The first-order chi connectivity index (χ1) is 10.5. The minimum absolute atomic E-state index is 0.0604. The van der Waals surface area contributed by atoms with Gasteiger partial charge < -0.3 is 4.74 Å². The Hall–Kier alpha value is -0.530. The summed E-state index contributed by atoms with van der Waals surface area (Å²) in [5.74, 6) is 4.35. The number of hydrogen-bond acceptors (Lipinski definition) is 2. The van der Waals surface area contributed by atoms with Gasteiger partial charge in [0.2, 0.25) is 0 Å². The number of fused-ring (bicyclic) bond motifs is 3. The fourth-order valence-corrected chi connectivity index (χ4v) is 6.46.